The van der Waals surface area contributed by atoms with Crippen LogP contribution in [0, 0.1) is 11.3 Å². The molecule has 0 saturated carbocycles. The number of ether oxygens (including phenoxy) is 1. The van der Waals surface area contributed by atoms with Crippen molar-refractivity contribution in [2.75, 3.05) is 12.4 Å². The predicted molar refractivity (Wildman–Crippen MR) is 84.6 cm³/mol. The molecule has 3 rings (SSSR count). The largest absolute Gasteiger partial charge is 0.496 e. The Morgan fingerprint density at radius 1 is 1.19 bits per heavy atom. The number of hydrogen-bond acceptors (Lipinski definition) is 5. The van der Waals surface area contributed by atoms with Gasteiger partial charge < -0.3 is 10.1 Å². The smallest absolute Gasteiger partial charge is 0.185 e. The Morgan fingerprint density at radius 3 is 2.71 bits per heavy atom. The molecular weight excluding hydrogens is 282 g/mol. The summed E-state index contributed by atoms with van der Waals surface area (Å²) >= 11 is 1.53. The van der Waals surface area contributed by atoms with Gasteiger partial charge in [0.15, 0.2) is 5.13 Å². The van der Waals surface area contributed by atoms with E-state index in [1.54, 1.807) is 7.11 Å². The van der Waals surface area contributed by atoms with Gasteiger partial charge >= 0.3 is 0 Å². The Bertz CT molecular complexity index is 773. The first-order chi connectivity index (χ1) is 10.3. The van der Waals surface area contributed by atoms with Crippen LogP contribution in [0.5, 0.6) is 5.75 Å². The second-order valence-corrected chi connectivity index (χ2v) is 5.47. The molecule has 5 heteroatoms. The lowest BCUT2D eigenvalue weighted by Crippen LogP contribution is -2.09. The molecule has 1 aromatic heterocycles. The van der Waals surface area contributed by atoms with Crippen molar-refractivity contribution in [2.24, 2.45) is 0 Å². The van der Waals surface area contributed by atoms with Crippen LogP contribution in [0.1, 0.15) is 11.6 Å². The summed E-state index contributed by atoms with van der Waals surface area (Å²) in [5.74, 6) is 0.692. The van der Waals surface area contributed by atoms with E-state index in [0.717, 1.165) is 20.9 Å². The number of nitrogens with zero attached hydrogens (tertiary/aromatic N) is 2. The quantitative estimate of drug-likeness (QED) is 0.791. The first-order valence-corrected chi connectivity index (χ1v) is 7.28. The van der Waals surface area contributed by atoms with Crippen molar-refractivity contribution in [1.82, 2.24) is 4.98 Å². The maximum Gasteiger partial charge on any atom is 0.185 e. The summed E-state index contributed by atoms with van der Waals surface area (Å²) in [5.41, 5.74) is 1.74. The number of thiazole rings is 1. The van der Waals surface area contributed by atoms with Crippen LogP contribution < -0.4 is 10.1 Å². The molecule has 1 N–H and O–H groups in total. The first kappa shape index (κ1) is 13.4. The van der Waals surface area contributed by atoms with Crippen LogP contribution in [0.25, 0.3) is 10.2 Å². The van der Waals surface area contributed by atoms with Crippen LogP contribution in [-0.2, 0) is 0 Å². The fourth-order valence-electron chi connectivity index (χ4n) is 2.14. The molecule has 1 heterocycles. The van der Waals surface area contributed by atoms with Crippen LogP contribution in [0.15, 0.2) is 48.5 Å². The Morgan fingerprint density at radius 2 is 1.95 bits per heavy atom. The third kappa shape index (κ3) is 2.67. The molecule has 104 valence electrons. The van der Waals surface area contributed by atoms with Gasteiger partial charge in [0.1, 0.15) is 11.8 Å². The van der Waals surface area contributed by atoms with Gasteiger partial charge in [0.2, 0.25) is 0 Å². The van der Waals surface area contributed by atoms with E-state index in [-0.39, 0.29) is 0 Å². The van der Waals surface area contributed by atoms with Gasteiger partial charge in [0.25, 0.3) is 0 Å². The Hall–Kier alpha value is -2.58. The SMILES string of the molecule is COc1ccccc1[C@@H](C#N)Nc1nc2ccccc2s1. The fraction of sp³-hybridized carbons (Fsp3) is 0.125. The van der Waals surface area contributed by atoms with Crippen molar-refractivity contribution in [2.45, 2.75) is 6.04 Å². The van der Waals surface area contributed by atoms with Crippen LogP contribution in [0.4, 0.5) is 5.13 Å². The van der Waals surface area contributed by atoms with Crippen molar-refractivity contribution in [1.29, 1.82) is 5.26 Å². The molecule has 3 aromatic rings. The maximum absolute atomic E-state index is 9.44. The van der Waals surface area contributed by atoms with Crippen LogP contribution >= 0.6 is 11.3 Å². The number of aromatic nitrogens is 1. The molecule has 0 fully saturated rings. The van der Waals surface area contributed by atoms with Crippen molar-refractivity contribution in [3.8, 4) is 11.8 Å². The van der Waals surface area contributed by atoms with Crippen molar-refractivity contribution in [3.05, 3.63) is 54.1 Å². The zero-order valence-corrected chi connectivity index (χ0v) is 12.2. The predicted octanol–water partition coefficient (Wildman–Crippen LogP) is 3.98. The second kappa shape index (κ2) is 5.81. The number of para-hydroxylation sites is 2. The summed E-state index contributed by atoms with van der Waals surface area (Å²) in [4.78, 5) is 4.50. The molecule has 0 spiro atoms. The molecule has 21 heavy (non-hydrogen) atoms. The molecule has 0 aliphatic carbocycles. The zero-order chi connectivity index (χ0) is 14.7. The zero-order valence-electron chi connectivity index (χ0n) is 11.4. The molecule has 0 saturated heterocycles. The van der Waals surface area contributed by atoms with Gasteiger partial charge in [-0.25, -0.2) is 4.98 Å². The standard InChI is InChI=1S/C16H13N3OS/c1-20-14-8-4-2-6-11(14)13(10-17)19-16-18-12-7-3-5-9-15(12)21-16/h2-9,13H,1H3,(H,18,19)/t13-/m1/s1. The number of methoxy groups -OCH3 is 1. The third-order valence-electron chi connectivity index (χ3n) is 3.14. The molecule has 1 atom stereocenters. The third-order valence-corrected chi connectivity index (χ3v) is 4.11. The van der Waals surface area contributed by atoms with Gasteiger partial charge in [0.05, 0.1) is 23.4 Å². The van der Waals surface area contributed by atoms with Gasteiger partial charge in [-0.1, -0.05) is 41.7 Å². The minimum atomic E-state index is -0.498. The molecule has 0 bridgehead atoms. The second-order valence-electron chi connectivity index (χ2n) is 4.44. The normalized spacial score (nSPS) is 11.8. The summed E-state index contributed by atoms with van der Waals surface area (Å²) in [6.45, 7) is 0. The fourth-order valence-corrected chi connectivity index (χ4v) is 3.04. The van der Waals surface area contributed by atoms with Crippen LogP contribution in [0.2, 0.25) is 0 Å². The van der Waals surface area contributed by atoms with E-state index in [0.29, 0.717) is 5.75 Å². The number of rotatable bonds is 4. The number of anilines is 1. The molecule has 0 amide bonds. The van der Waals surface area contributed by atoms with Gasteiger partial charge in [-0.15, -0.1) is 0 Å². The van der Waals surface area contributed by atoms with Gasteiger partial charge in [-0.2, -0.15) is 5.26 Å². The lowest BCUT2D eigenvalue weighted by molar-refractivity contribution is 0.409. The highest BCUT2D eigenvalue weighted by Gasteiger charge is 2.16. The Kier molecular flexibility index (Phi) is 3.71. The summed E-state index contributed by atoms with van der Waals surface area (Å²) in [5, 5.41) is 13.4. The summed E-state index contributed by atoms with van der Waals surface area (Å²) < 4.78 is 6.41. The van der Waals surface area contributed by atoms with E-state index in [2.05, 4.69) is 16.4 Å². The Labute approximate surface area is 126 Å². The average Bonchev–Trinajstić information content (AvgIpc) is 2.95. The number of nitrogens with one attached hydrogen (secondary N) is 1. The maximum atomic E-state index is 9.44. The van der Waals surface area contributed by atoms with Crippen LogP contribution in [0.3, 0.4) is 0 Å². The minimum absolute atomic E-state index is 0.498. The molecule has 0 aliphatic rings. The monoisotopic (exact) mass is 295 g/mol. The highest BCUT2D eigenvalue weighted by Crippen LogP contribution is 2.31. The lowest BCUT2D eigenvalue weighted by Gasteiger charge is -2.14. The van der Waals surface area contributed by atoms with Crippen molar-refractivity contribution in [3.63, 3.8) is 0 Å². The average molecular weight is 295 g/mol. The number of hydrogen-bond donors (Lipinski definition) is 1. The van der Waals surface area contributed by atoms with E-state index < -0.39 is 6.04 Å². The Balaban J connectivity index is 1.92. The topological polar surface area (TPSA) is 57.9 Å². The summed E-state index contributed by atoms with van der Waals surface area (Å²) in [6, 6.07) is 17.2. The summed E-state index contributed by atoms with van der Waals surface area (Å²) in [6.07, 6.45) is 0. The first-order valence-electron chi connectivity index (χ1n) is 6.46. The van der Waals surface area contributed by atoms with E-state index in [1.807, 2.05) is 48.5 Å². The summed E-state index contributed by atoms with van der Waals surface area (Å²) in [7, 11) is 1.60. The molecule has 0 unspecified atom stereocenters. The van der Waals surface area contributed by atoms with E-state index in [4.69, 9.17) is 4.74 Å². The van der Waals surface area contributed by atoms with E-state index >= 15 is 0 Å². The minimum Gasteiger partial charge on any atom is -0.496 e. The van der Waals surface area contributed by atoms with Gasteiger partial charge in [-0.05, 0) is 18.2 Å². The van der Waals surface area contributed by atoms with Crippen LogP contribution in [-0.4, -0.2) is 12.1 Å². The highest BCUT2D eigenvalue weighted by molar-refractivity contribution is 7.22. The number of benzene rings is 2. The number of fused-ring (bicyclic) bond motifs is 1. The molecule has 4 nitrogen and oxygen atoms in total. The number of nitriles is 1. The van der Waals surface area contributed by atoms with E-state index in [9.17, 15) is 5.26 Å². The van der Waals surface area contributed by atoms with E-state index in [1.165, 1.54) is 11.3 Å². The molecule has 2 aromatic carbocycles. The van der Waals surface area contributed by atoms with Gasteiger partial charge in [-0.3, -0.25) is 0 Å². The highest BCUT2D eigenvalue weighted by atomic mass is 32.1. The lowest BCUT2D eigenvalue weighted by atomic mass is 10.1. The van der Waals surface area contributed by atoms with Crippen molar-refractivity contribution >= 4 is 26.7 Å². The molecule has 0 aliphatic heterocycles. The van der Waals surface area contributed by atoms with Crippen molar-refractivity contribution < 1.29 is 4.74 Å². The molecule has 0 radical (unpaired) electrons. The van der Waals surface area contributed by atoms with Gasteiger partial charge in [0, 0.05) is 5.56 Å². The molecular formula is C16H13N3OS.